The highest BCUT2D eigenvalue weighted by atomic mass is 35.5. The van der Waals surface area contributed by atoms with Crippen molar-refractivity contribution >= 4 is 22.9 Å². The minimum Gasteiger partial charge on any atom is -0.309 e. The number of aryl methyl sites for hydroxylation is 1. The van der Waals surface area contributed by atoms with Crippen LogP contribution >= 0.6 is 22.9 Å². The van der Waals surface area contributed by atoms with Crippen LogP contribution < -0.4 is 5.32 Å². The maximum Gasteiger partial charge on any atom is 0.134 e. The monoisotopic (exact) mass is 296 g/mol. The number of hydrogen-bond donors (Lipinski definition) is 1. The Labute approximate surface area is 120 Å². The Balaban J connectivity index is 1.90. The van der Waals surface area contributed by atoms with Gasteiger partial charge in [0, 0.05) is 17.5 Å². The second-order valence-electron chi connectivity index (χ2n) is 4.78. The van der Waals surface area contributed by atoms with Crippen LogP contribution in [0.1, 0.15) is 23.4 Å². The van der Waals surface area contributed by atoms with E-state index in [-0.39, 0.29) is 5.82 Å². The van der Waals surface area contributed by atoms with Crippen LogP contribution in [-0.4, -0.2) is 11.0 Å². The molecule has 5 heteroatoms. The van der Waals surface area contributed by atoms with E-state index in [2.05, 4.69) is 10.3 Å². The van der Waals surface area contributed by atoms with E-state index in [1.54, 1.807) is 12.1 Å². The molecule has 2 nitrogen and oxygen atoms in total. The SMILES string of the molecule is Cc1nc(-c2c(F)cccc2Cl)sc1CNC1CC1. The van der Waals surface area contributed by atoms with Crippen LogP contribution in [0.3, 0.4) is 0 Å². The molecule has 0 saturated heterocycles. The van der Waals surface area contributed by atoms with Gasteiger partial charge in [-0.3, -0.25) is 0 Å². The molecule has 100 valence electrons. The number of aromatic nitrogens is 1. The summed E-state index contributed by atoms with van der Waals surface area (Å²) in [6, 6.07) is 5.37. The zero-order chi connectivity index (χ0) is 13.4. The third-order valence-electron chi connectivity index (χ3n) is 3.20. The lowest BCUT2D eigenvalue weighted by Gasteiger charge is -2.01. The fraction of sp³-hybridized carbons (Fsp3) is 0.357. The van der Waals surface area contributed by atoms with E-state index >= 15 is 0 Å². The maximum atomic E-state index is 13.9. The van der Waals surface area contributed by atoms with Crippen LogP contribution in [0.15, 0.2) is 18.2 Å². The molecule has 1 saturated carbocycles. The van der Waals surface area contributed by atoms with E-state index in [1.807, 2.05) is 6.92 Å². The van der Waals surface area contributed by atoms with Crippen molar-refractivity contribution in [3.8, 4) is 10.6 Å². The fourth-order valence-corrected chi connectivity index (χ4v) is 3.31. The van der Waals surface area contributed by atoms with E-state index in [1.165, 1.54) is 30.2 Å². The molecule has 1 heterocycles. The lowest BCUT2D eigenvalue weighted by molar-refractivity contribution is 0.631. The van der Waals surface area contributed by atoms with E-state index in [4.69, 9.17) is 11.6 Å². The van der Waals surface area contributed by atoms with Gasteiger partial charge in [0.15, 0.2) is 0 Å². The Morgan fingerprint density at radius 1 is 1.47 bits per heavy atom. The Morgan fingerprint density at radius 3 is 2.95 bits per heavy atom. The molecule has 1 fully saturated rings. The quantitative estimate of drug-likeness (QED) is 0.916. The van der Waals surface area contributed by atoms with Crippen LogP contribution in [0.2, 0.25) is 5.02 Å². The molecule has 0 spiro atoms. The Kier molecular flexibility index (Phi) is 3.56. The summed E-state index contributed by atoms with van der Waals surface area (Å²) in [6.45, 7) is 2.76. The number of nitrogens with zero attached hydrogens (tertiary/aromatic N) is 1. The fourth-order valence-electron chi connectivity index (χ4n) is 1.93. The Bertz CT molecular complexity index is 587. The molecule has 3 rings (SSSR count). The summed E-state index contributed by atoms with van der Waals surface area (Å²) in [6.07, 6.45) is 2.51. The van der Waals surface area contributed by atoms with E-state index in [9.17, 15) is 4.39 Å². The average Bonchev–Trinajstić information content (AvgIpc) is 3.11. The number of rotatable bonds is 4. The molecular formula is C14H14ClFN2S. The van der Waals surface area contributed by atoms with Gasteiger partial charge < -0.3 is 5.32 Å². The Morgan fingerprint density at radius 2 is 2.26 bits per heavy atom. The zero-order valence-electron chi connectivity index (χ0n) is 10.5. The van der Waals surface area contributed by atoms with Gasteiger partial charge in [-0.25, -0.2) is 9.37 Å². The number of hydrogen-bond acceptors (Lipinski definition) is 3. The van der Waals surface area contributed by atoms with Gasteiger partial charge in [0.25, 0.3) is 0 Å². The summed E-state index contributed by atoms with van der Waals surface area (Å²) in [4.78, 5) is 5.61. The predicted molar refractivity (Wildman–Crippen MR) is 77.1 cm³/mol. The number of halogens is 2. The molecule has 1 aliphatic rings. The van der Waals surface area contributed by atoms with Crippen LogP contribution in [0.5, 0.6) is 0 Å². The standard InChI is InChI=1S/C14H14ClFN2S/c1-8-12(7-17-9-5-6-9)19-14(18-8)13-10(15)3-2-4-11(13)16/h2-4,9,17H,5-7H2,1H3. The molecular weight excluding hydrogens is 283 g/mol. The lowest BCUT2D eigenvalue weighted by atomic mass is 10.2. The largest absolute Gasteiger partial charge is 0.309 e. The highest BCUT2D eigenvalue weighted by molar-refractivity contribution is 7.15. The molecule has 1 aromatic heterocycles. The molecule has 1 aromatic carbocycles. The van der Waals surface area contributed by atoms with Gasteiger partial charge in [0.1, 0.15) is 10.8 Å². The highest BCUT2D eigenvalue weighted by Gasteiger charge is 2.21. The molecule has 0 radical (unpaired) electrons. The Hall–Kier alpha value is -0.970. The summed E-state index contributed by atoms with van der Waals surface area (Å²) in [5.74, 6) is -0.317. The van der Waals surface area contributed by atoms with Crippen LogP contribution in [0, 0.1) is 12.7 Å². The second-order valence-corrected chi connectivity index (χ2v) is 6.27. The summed E-state index contributed by atoms with van der Waals surface area (Å²) in [5.41, 5.74) is 1.36. The first kappa shape index (κ1) is 13.0. The van der Waals surface area contributed by atoms with Crippen LogP contribution in [-0.2, 0) is 6.54 Å². The molecule has 0 bridgehead atoms. The van der Waals surface area contributed by atoms with Crippen LogP contribution in [0.25, 0.3) is 10.6 Å². The van der Waals surface area contributed by atoms with Crippen molar-refractivity contribution in [1.82, 2.24) is 10.3 Å². The second kappa shape index (κ2) is 5.19. The predicted octanol–water partition coefficient (Wildman–Crippen LogP) is 4.16. The normalized spacial score (nSPS) is 14.9. The topological polar surface area (TPSA) is 24.9 Å². The highest BCUT2D eigenvalue weighted by Crippen LogP contribution is 2.35. The number of nitrogens with one attached hydrogen (secondary N) is 1. The van der Waals surface area contributed by atoms with Gasteiger partial charge in [-0.2, -0.15) is 0 Å². The molecule has 0 unspecified atom stereocenters. The number of thiazole rings is 1. The average molecular weight is 297 g/mol. The molecule has 19 heavy (non-hydrogen) atoms. The van der Waals surface area contributed by atoms with Crippen molar-refractivity contribution in [2.75, 3.05) is 0 Å². The van der Waals surface area contributed by atoms with Gasteiger partial charge in [0.2, 0.25) is 0 Å². The van der Waals surface area contributed by atoms with Gasteiger partial charge in [-0.05, 0) is 31.9 Å². The third-order valence-corrected chi connectivity index (χ3v) is 4.69. The summed E-state index contributed by atoms with van der Waals surface area (Å²) in [5, 5.41) is 4.52. The van der Waals surface area contributed by atoms with E-state index in [0.29, 0.717) is 21.6 Å². The lowest BCUT2D eigenvalue weighted by Crippen LogP contribution is -2.14. The van der Waals surface area contributed by atoms with Crippen molar-refractivity contribution in [2.45, 2.75) is 32.4 Å². The third kappa shape index (κ3) is 2.81. The number of benzene rings is 1. The molecule has 0 atom stereocenters. The smallest absolute Gasteiger partial charge is 0.134 e. The van der Waals surface area contributed by atoms with Gasteiger partial charge in [0.05, 0.1) is 16.3 Å². The van der Waals surface area contributed by atoms with Crippen molar-refractivity contribution in [3.63, 3.8) is 0 Å². The maximum absolute atomic E-state index is 13.9. The van der Waals surface area contributed by atoms with E-state index < -0.39 is 0 Å². The summed E-state index contributed by atoms with van der Waals surface area (Å²) >= 11 is 7.59. The molecule has 0 aliphatic heterocycles. The van der Waals surface area contributed by atoms with Gasteiger partial charge >= 0.3 is 0 Å². The molecule has 0 amide bonds. The minimum atomic E-state index is -0.317. The van der Waals surface area contributed by atoms with Crippen molar-refractivity contribution in [2.24, 2.45) is 0 Å². The molecule has 2 aromatic rings. The molecule has 1 N–H and O–H groups in total. The van der Waals surface area contributed by atoms with Gasteiger partial charge in [-0.1, -0.05) is 17.7 Å². The summed E-state index contributed by atoms with van der Waals surface area (Å²) in [7, 11) is 0. The van der Waals surface area contributed by atoms with Gasteiger partial charge in [-0.15, -0.1) is 11.3 Å². The van der Waals surface area contributed by atoms with Crippen LogP contribution in [0.4, 0.5) is 4.39 Å². The first-order chi connectivity index (χ1) is 9.15. The first-order valence-electron chi connectivity index (χ1n) is 6.29. The first-order valence-corrected chi connectivity index (χ1v) is 7.48. The minimum absolute atomic E-state index is 0.317. The van der Waals surface area contributed by atoms with Crippen molar-refractivity contribution in [1.29, 1.82) is 0 Å². The summed E-state index contributed by atoms with van der Waals surface area (Å²) < 4.78 is 13.9. The molecule has 1 aliphatic carbocycles. The van der Waals surface area contributed by atoms with Crippen molar-refractivity contribution < 1.29 is 4.39 Å². The van der Waals surface area contributed by atoms with Crippen molar-refractivity contribution in [3.05, 3.63) is 39.6 Å². The van der Waals surface area contributed by atoms with E-state index in [0.717, 1.165) is 17.1 Å². The zero-order valence-corrected chi connectivity index (χ0v) is 12.1.